The summed E-state index contributed by atoms with van der Waals surface area (Å²) >= 11 is 0. The molecule has 0 aliphatic carbocycles. The quantitative estimate of drug-likeness (QED) is 0.605. The fourth-order valence-electron chi connectivity index (χ4n) is 5.75. The molecule has 1 N–H and O–H groups in total. The van der Waals surface area contributed by atoms with E-state index in [1.165, 1.54) is 46.0 Å². The van der Waals surface area contributed by atoms with Gasteiger partial charge >= 0.3 is 0 Å². The second kappa shape index (κ2) is 8.45. The number of rotatable bonds is 5. The molecule has 1 atom stereocenters. The molecule has 0 spiro atoms. The molecule has 5 heteroatoms. The van der Waals surface area contributed by atoms with E-state index in [9.17, 15) is 0 Å². The molecule has 0 radical (unpaired) electrons. The monoisotopic (exact) mass is 432 g/mol. The van der Waals surface area contributed by atoms with Crippen molar-refractivity contribution in [1.82, 2.24) is 9.88 Å². The van der Waals surface area contributed by atoms with E-state index < -0.39 is 0 Å². The zero-order valence-corrected chi connectivity index (χ0v) is 18.9. The van der Waals surface area contributed by atoms with E-state index in [4.69, 9.17) is 14.2 Å². The summed E-state index contributed by atoms with van der Waals surface area (Å²) < 4.78 is 17.0. The molecule has 2 aromatic carbocycles. The number of fused-ring (bicyclic) bond motifs is 3. The number of H-pyrrole nitrogens is 1. The van der Waals surface area contributed by atoms with Crippen LogP contribution in [-0.4, -0.2) is 43.0 Å². The Morgan fingerprint density at radius 3 is 2.78 bits per heavy atom. The Morgan fingerprint density at radius 2 is 1.91 bits per heavy atom. The number of hydrogen-bond acceptors (Lipinski definition) is 4. The van der Waals surface area contributed by atoms with Gasteiger partial charge in [-0.05, 0) is 85.9 Å². The molecule has 1 fully saturated rings. The highest BCUT2D eigenvalue weighted by molar-refractivity contribution is 5.83. The highest BCUT2D eigenvalue weighted by Crippen LogP contribution is 2.42. The van der Waals surface area contributed by atoms with Crippen molar-refractivity contribution in [3.8, 4) is 11.5 Å². The zero-order valence-electron chi connectivity index (χ0n) is 18.9. The second-order valence-electron chi connectivity index (χ2n) is 9.62. The average molecular weight is 433 g/mol. The van der Waals surface area contributed by atoms with Crippen molar-refractivity contribution in [1.29, 1.82) is 0 Å². The van der Waals surface area contributed by atoms with E-state index in [0.29, 0.717) is 12.8 Å². The van der Waals surface area contributed by atoms with E-state index in [1.54, 1.807) is 0 Å². The summed E-state index contributed by atoms with van der Waals surface area (Å²) in [6.07, 6.45) is 7.81. The van der Waals surface area contributed by atoms with Crippen LogP contribution >= 0.6 is 0 Å². The van der Waals surface area contributed by atoms with Crippen LogP contribution in [0.1, 0.15) is 47.6 Å². The van der Waals surface area contributed by atoms with Gasteiger partial charge in [-0.15, -0.1) is 0 Å². The van der Waals surface area contributed by atoms with E-state index in [-0.39, 0.29) is 0 Å². The number of aryl methyl sites for hydroxylation is 2. The topological polar surface area (TPSA) is 46.7 Å². The summed E-state index contributed by atoms with van der Waals surface area (Å²) in [6.45, 7) is 6.60. The lowest BCUT2D eigenvalue weighted by Gasteiger charge is -2.40. The van der Waals surface area contributed by atoms with Gasteiger partial charge in [0.25, 0.3) is 0 Å². The molecule has 1 aromatic heterocycles. The molecule has 0 amide bonds. The average Bonchev–Trinajstić information content (AvgIpc) is 3.44. The molecular formula is C27H32N2O3. The number of ether oxygens (including phenoxy) is 3. The first-order valence-corrected chi connectivity index (χ1v) is 12.1. The van der Waals surface area contributed by atoms with Gasteiger partial charge in [0, 0.05) is 49.4 Å². The number of benzene rings is 2. The van der Waals surface area contributed by atoms with Crippen LogP contribution in [0.4, 0.5) is 0 Å². The van der Waals surface area contributed by atoms with Gasteiger partial charge in [-0.1, -0.05) is 11.6 Å². The summed E-state index contributed by atoms with van der Waals surface area (Å²) in [6, 6.07) is 11.6. The van der Waals surface area contributed by atoms with Crippen molar-refractivity contribution in [2.45, 2.75) is 45.1 Å². The minimum absolute atomic E-state index is 0.337. The van der Waals surface area contributed by atoms with E-state index >= 15 is 0 Å². The van der Waals surface area contributed by atoms with Crippen molar-refractivity contribution in [2.24, 2.45) is 5.92 Å². The van der Waals surface area contributed by atoms with Gasteiger partial charge in [-0.2, -0.15) is 0 Å². The third kappa shape index (κ3) is 3.78. The van der Waals surface area contributed by atoms with Crippen LogP contribution in [-0.2, 0) is 17.6 Å². The van der Waals surface area contributed by atoms with Crippen LogP contribution in [0.25, 0.3) is 10.9 Å². The Kier molecular flexibility index (Phi) is 5.32. The van der Waals surface area contributed by atoms with Crippen LogP contribution in [0, 0.1) is 12.8 Å². The van der Waals surface area contributed by atoms with Crippen LogP contribution in [0.3, 0.4) is 0 Å². The summed E-state index contributed by atoms with van der Waals surface area (Å²) in [5.41, 5.74) is 6.83. The lowest BCUT2D eigenvalue weighted by molar-refractivity contribution is 0.0423. The van der Waals surface area contributed by atoms with Crippen molar-refractivity contribution in [3.63, 3.8) is 0 Å². The minimum atomic E-state index is 0.337. The standard InChI is InChI=1S/C27H32N2O3/c1-18-2-4-24-22(12-18)21(15-28-24)3-5-25-23-14-27-26(31-17-32-27)13-20(23)6-9-29(25)16-19-7-10-30-11-8-19/h2,4,12-15,19,25,28H,3,5-11,16-17H2,1H3. The van der Waals surface area contributed by atoms with Crippen molar-refractivity contribution >= 4 is 10.9 Å². The number of aromatic nitrogens is 1. The molecule has 1 unspecified atom stereocenters. The first-order chi connectivity index (χ1) is 15.7. The summed E-state index contributed by atoms with van der Waals surface area (Å²) in [5.74, 6) is 2.55. The third-order valence-electron chi connectivity index (χ3n) is 7.55. The molecular weight excluding hydrogens is 400 g/mol. The zero-order chi connectivity index (χ0) is 21.5. The Labute approximate surface area is 189 Å². The van der Waals surface area contributed by atoms with Crippen molar-refractivity contribution in [3.05, 3.63) is 58.8 Å². The Hall–Kier alpha value is -2.50. The van der Waals surface area contributed by atoms with Gasteiger partial charge in [-0.25, -0.2) is 0 Å². The first-order valence-electron chi connectivity index (χ1n) is 12.1. The molecule has 5 nitrogen and oxygen atoms in total. The minimum Gasteiger partial charge on any atom is -0.454 e. The molecule has 3 aliphatic rings. The SMILES string of the molecule is Cc1ccc2[nH]cc(CCC3c4cc5c(cc4CCN3CC3CCOCC3)OCO5)c2c1. The maximum Gasteiger partial charge on any atom is 0.231 e. The summed E-state index contributed by atoms with van der Waals surface area (Å²) in [5, 5.41) is 1.36. The molecule has 168 valence electrons. The maximum absolute atomic E-state index is 5.76. The Morgan fingerprint density at radius 1 is 1.06 bits per heavy atom. The predicted molar refractivity (Wildman–Crippen MR) is 125 cm³/mol. The van der Waals surface area contributed by atoms with Gasteiger partial charge in [0.2, 0.25) is 6.79 Å². The van der Waals surface area contributed by atoms with Crippen LogP contribution in [0.15, 0.2) is 36.5 Å². The largest absolute Gasteiger partial charge is 0.454 e. The number of nitrogens with one attached hydrogen (secondary N) is 1. The lowest BCUT2D eigenvalue weighted by Crippen LogP contribution is -2.40. The third-order valence-corrected chi connectivity index (χ3v) is 7.55. The molecule has 3 aliphatic heterocycles. The molecule has 0 bridgehead atoms. The normalized spacial score (nSPS) is 21.2. The van der Waals surface area contributed by atoms with E-state index in [1.807, 2.05) is 0 Å². The Balaban J connectivity index is 1.29. The Bertz CT molecular complexity index is 1120. The highest BCUT2D eigenvalue weighted by atomic mass is 16.7. The van der Waals surface area contributed by atoms with E-state index in [2.05, 4.69) is 53.3 Å². The molecule has 6 rings (SSSR count). The summed E-state index contributed by atoms with van der Waals surface area (Å²) in [7, 11) is 0. The smallest absolute Gasteiger partial charge is 0.231 e. The van der Waals surface area contributed by atoms with Crippen molar-refractivity contribution < 1.29 is 14.2 Å². The number of aromatic amines is 1. The molecule has 1 saturated heterocycles. The predicted octanol–water partition coefficient (Wildman–Crippen LogP) is 5.16. The van der Waals surface area contributed by atoms with E-state index in [0.717, 1.165) is 63.0 Å². The lowest BCUT2D eigenvalue weighted by atomic mass is 9.87. The fraction of sp³-hybridized carbons (Fsp3) is 0.481. The summed E-state index contributed by atoms with van der Waals surface area (Å²) in [4.78, 5) is 6.21. The highest BCUT2D eigenvalue weighted by Gasteiger charge is 2.32. The number of nitrogens with zero attached hydrogens (tertiary/aromatic N) is 1. The van der Waals surface area contributed by atoms with Crippen LogP contribution in [0.2, 0.25) is 0 Å². The maximum atomic E-state index is 5.76. The van der Waals surface area contributed by atoms with Gasteiger partial charge in [0.1, 0.15) is 0 Å². The van der Waals surface area contributed by atoms with Gasteiger partial charge in [-0.3, -0.25) is 4.90 Å². The van der Waals surface area contributed by atoms with Gasteiger partial charge in [0.15, 0.2) is 11.5 Å². The molecule has 4 heterocycles. The van der Waals surface area contributed by atoms with Crippen molar-refractivity contribution in [2.75, 3.05) is 33.1 Å². The van der Waals surface area contributed by atoms with Crippen LogP contribution < -0.4 is 9.47 Å². The fourth-order valence-corrected chi connectivity index (χ4v) is 5.75. The van der Waals surface area contributed by atoms with Crippen LogP contribution in [0.5, 0.6) is 11.5 Å². The number of hydrogen-bond donors (Lipinski definition) is 1. The molecule has 0 saturated carbocycles. The first kappa shape index (κ1) is 20.1. The van der Waals surface area contributed by atoms with Gasteiger partial charge in [0.05, 0.1) is 0 Å². The van der Waals surface area contributed by atoms with Gasteiger partial charge < -0.3 is 19.2 Å². The molecule has 3 aromatic rings. The second-order valence-corrected chi connectivity index (χ2v) is 9.62. The molecule has 32 heavy (non-hydrogen) atoms.